The van der Waals surface area contributed by atoms with Gasteiger partial charge in [0.1, 0.15) is 18.6 Å². The highest BCUT2D eigenvalue weighted by molar-refractivity contribution is 6.14. The molecule has 2 heterocycles. The Morgan fingerprint density at radius 2 is 1.72 bits per heavy atom. The molecule has 2 N–H and O–H groups in total. The number of hydrogen-bond donors (Lipinski definition) is 2. The number of carbonyl (C=O) groups excluding carboxylic acids is 4. The molecule has 29 heavy (non-hydrogen) atoms. The number of rotatable bonds is 4. The lowest BCUT2D eigenvalue weighted by Gasteiger charge is -2.30. The van der Waals surface area contributed by atoms with Crippen LogP contribution in [-0.4, -0.2) is 41.7 Å². The van der Waals surface area contributed by atoms with Gasteiger partial charge in [-0.15, -0.1) is 0 Å². The maximum Gasteiger partial charge on any atom is 0.325 e. The quantitative estimate of drug-likeness (QED) is 0.776. The number of amides is 5. The molecule has 2 aliphatic heterocycles. The minimum Gasteiger partial charge on any atom is -0.323 e. The minimum atomic E-state index is -1.20. The van der Waals surface area contributed by atoms with Crippen LogP contribution in [0.3, 0.4) is 0 Å². The fourth-order valence-corrected chi connectivity index (χ4v) is 3.81. The molecule has 2 aliphatic rings. The van der Waals surface area contributed by atoms with E-state index < -0.39 is 29.9 Å². The first kappa shape index (κ1) is 18.7. The third-order valence-electron chi connectivity index (χ3n) is 5.34. The third-order valence-corrected chi connectivity index (χ3v) is 5.34. The predicted molar refractivity (Wildman–Crippen MR) is 106 cm³/mol. The van der Waals surface area contributed by atoms with Crippen LogP contribution in [-0.2, 0) is 19.9 Å². The molecule has 0 unspecified atom stereocenters. The van der Waals surface area contributed by atoms with Crippen molar-refractivity contribution in [2.75, 3.05) is 23.3 Å². The van der Waals surface area contributed by atoms with E-state index in [2.05, 4.69) is 10.6 Å². The van der Waals surface area contributed by atoms with Crippen LogP contribution in [0.2, 0.25) is 0 Å². The molecular weight excluding hydrogens is 372 g/mol. The summed E-state index contributed by atoms with van der Waals surface area (Å²) >= 11 is 0. The highest BCUT2D eigenvalue weighted by Crippen LogP contribution is 2.33. The van der Waals surface area contributed by atoms with Gasteiger partial charge in [0.25, 0.3) is 5.91 Å². The molecule has 148 valence electrons. The number of urea groups is 1. The highest BCUT2D eigenvalue weighted by atomic mass is 16.2. The van der Waals surface area contributed by atoms with Crippen LogP contribution in [0.5, 0.6) is 0 Å². The molecule has 1 fully saturated rings. The Labute approximate surface area is 167 Å². The number of nitrogens with one attached hydrogen (secondary N) is 2. The lowest BCUT2D eigenvalue weighted by atomic mass is 9.87. The second-order valence-corrected chi connectivity index (χ2v) is 6.99. The molecule has 5 amide bonds. The average Bonchev–Trinajstić information content (AvgIpc) is 2.98. The maximum absolute atomic E-state index is 13.2. The van der Waals surface area contributed by atoms with E-state index in [4.69, 9.17) is 0 Å². The van der Waals surface area contributed by atoms with Gasteiger partial charge in [0, 0.05) is 0 Å². The van der Waals surface area contributed by atoms with Crippen molar-refractivity contribution >= 4 is 35.1 Å². The highest BCUT2D eigenvalue weighted by Gasteiger charge is 2.52. The standard InChI is InChI=1S/C21H20N4O4/c1-2-21(14-8-4-3-5-9-14)19(28)25(20(29)23-21)13-18(27)24-12-17(26)22-15-10-6-7-11-16(15)24/h3-11H,2,12-13H2,1H3,(H,22,26)(H,23,29)/t21-/m0/s1. The number of imide groups is 1. The second kappa shape index (κ2) is 7.05. The molecule has 0 bridgehead atoms. The van der Waals surface area contributed by atoms with Gasteiger partial charge in [0.05, 0.1) is 11.4 Å². The van der Waals surface area contributed by atoms with Crippen molar-refractivity contribution in [1.82, 2.24) is 10.2 Å². The van der Waals surface area contributed by atoms with E-state index in [1.807, 2.05) is 13.0 Å². The summed E-state index contributed by atoms with van der Waals surface area (Å²) in [4.78, 5) is 53.0. The number of benzene rings is 2. The van der Waals surface area contributed by atoms with E-state index in [0.29, 0.717) is 23.4 Å². The van der Waals surface area contributed by atoms with E-state index in [9.17, 15) is 19.2 Å². The largest absolute Gasteiger partial charge is 0.325 e. The van der Waals surface area contributed by atoms with Crippen LogP contribution >= 0.6 is 0 Å². The summed E-state index contributed by atoms with van der Waals surface area (Å²) in [5.74, 6) is -1.31. The van der Waals surface area contributed by atoms with Crippen molar-refractivity contribution in [2.45, 2.75) is 18.9 Å². The molecule has 1 atom stereocenters. The summed E-state index contributed by atoms with van der Waals surface area (Å²) < 4.78 is 0. The molecule has 1 saturated heterocycles. The zero-order valence-electron chi connectivity index (χ0n) is 15.8. The predicted octanol–water partition coefficient (Wildman–Crippen LogP) is 1.83. The first-order valence-corrected chi connectivity index (χ1v) is 9.35. The van der Waals surface area contributed by atoms with Gasteiger partial charge in [-0.1, -0.05) is 49.4 Å². The number of anilines is 2. The lowest BCUT2D eigenvalue weighted by Crippen LogP contribution is -2.48. The first-order chi connectivity index (χ1) is 14.0. The fourth-order valence-electron chi connectivity index (χ4n) is 3.81. The first-order valence-electron chi connectivity index (χ1n) is 9.35. The van der Waals surface area contributed by atoms with E-state index in [-0.39, 0.29) is 12.5 Å². The number of nitrogens with zero attached hydrogens (tertiary/aromatic N) is 2. The number of fused-ring (bicyclic) bond motifs is 1. The van der Waals surface area contributed by atoms with Crippen molar-refractivity contribution in [3.8, 4) is 0 Å². The molecule has 4 rings (SSSR count). The van der Waals surface area contributed by atoms with Gasteiger partial charge < -0.3 is 10.6 Å². The molecule has 2 aromatic rings. The van der Waals surface area contributed by atoms with Gasteiger partial charge in [0.15, 0.2) is 0 Å². The van der Waals surface area contributed by atoms with Crippen molar-refractivity contribution in [3.63, 3.8) is 0 Å². The van der Waals surface area contributed by atoms with E-state index in [1.165, 1.54) is 4.90 Å². The Morgan fingerprint density at radius 1 is 1.03 bits per heavy atom. The molecule has 0 aromatic heterocycles. The van der Waals surface area contributed by atoms with Gasteiger partial charge in [-0.25, -0.2) is 4.79 Å². The molecule has 0 spiro atoms. The van der Waals surface area contributed by atoms with Crippen molar-refractivity contribution < 1.29 is 19.2 Å². The van der Waals surface area contributed by atoms with Crippen LogP contribution < -0.4 is 15.5 Å². The summed E-state index contributed by atoms with van der Waals surface area (Å²) in [5, 5.41) is 5.46. The third kappa shape index (κ3) is 3.02. The van der Waals surface area contributed by atoms with Crippen molar-refractivity contribution in [1.29, 1.82) is 0 Å². The Morgan fingerprint density at radius 3 is 2.45 bits per heavy atom. The van der Waals surface area contributed by atoms with Crippen LogP contribution in [0.1, 0.15) is 18.9 Å². The van der Waals surface area contributed by atoms with Crippen LogP contribution in [0.15, 0.2) is 54.6 Å². The van der Waals surface area contributed by atoms with Crippen LogP contribution in [0.4, 0.5) is 16.2 Å². The van der Waals surface area contributed by atoms with Crippen molar-refractivity contribution in [3.05, 3.63) is 60.2 Å². The van der Waals surface area contributed by atoms with Crippen LogP contribution in [0.25, 0.3) is 0 Å². The van der Waals surface area contributed by atoms with Gasteiger partial charge in [-0.2, -0.15) is 0 Å². The van der Waals surface area contributed by atoms with Crippen LogP contribution in [0, 0.1) is 0 Å². The average molecular weight is 392 g/mol. The molecule has 0 saturated carbocycles. The SMILES string of the molecule is CC[C@@]1(c2ccccc2)NC(=O)N(CC(=O)N2CC(=O)Nc3ccccc32)C1=O. The number of hydrogen-bond acceptors (Lipinski definition) is 4. The van der Waals surface area contributed by atoms with Crippen molar-refractivity contribution in [2.24, 2.45) is 0 Å². The molecule has 0 radical (unpaired) electrons. The number of carbonyl (C=O) groups is 4. The Bertz CT molecular complexity index is 1010. The molecule has 0 aliphatic carbocycles. The molecule has 8 nitrogen and oxygen atoms in total. The van der Waals surface area contributed by atoms with Gasteiger partial charge >= 0.3 is 6.03 Å². The Hall–Kier alpha value is -3.68. The van der Waals surface area contributed by atoms with Gasteiger partial charge in [-0.3, -0.25) is 24.2 Å². The fraction of sp³-hybridized carbons (Fsp3) is 0.238. The topological polar surface area (TPSA) is 98.8 Å². The molecular formula is C21H20N4O4. The summed E-state index contributed by atoms with van der Waals surface area (Å²) in [6, 6.07) is 15.2. The molecule has 8 heteroatoms. The van der Waals surface area contributed by atoms with Gasteiger partial charge in [0.2, 0.25) is 11.8 Å². The smallest absolute Gasteiger partial charge is 0.323 e. The maximum atomic E-state index is 13.2. The number of para-hydroxylation sites is 2. The summed E-state index contributed by atoms with van der Waals surface area (Å²) in [6.07, 6.45) is 0.348. The van der Waals surface area contributed by atoms with E-state index in [0.717, 1.165) is 4.90 Å². The van der Waals surface area contributed by atoms with Gasteiger partial charge in [-0.05, 0) is 24.1 Å². The summed E-state index contributed by atoms with van der Waals surface area (Å²) in [6.45, 7) is 1.19. The monoisotopic (exact) mass is 392 g/mol. The van der Waals surface area contributed by atoms with E-state index >= 15 is 0 Å². The van der Waals surface area contributed by atoms with E-state index in [1.54, 1.807) is 48.5 Å². The zero-order chi connectivity index (χ0) is 20.6. The lowest BCUT2D eigenvalue weighted by molar-refractivity contribution is -0.134. The minimum absolute atomic E-state index is 0.170. The Kier molecular flexibility index (Phi) is 4.54. The summed E-state index contributed by atoms with van der Waals surface area (Å²) in [7, 11) is 0. The second-order valence-electron chi connectivity index (χ2n) is 6.99. The molecule has 2 aromatic carbocycles. The normalized spacial score (nSPS) is 20.9. The Balaban J connectivity index is 1.60. The zero-order valence-corrected chi connectivity index (χ0v) is 15.8. The summed E-state index contributed by atoms with van der Waals surface area (Å²) in [5.41, 5.74) is 0.518.